The third-order valence-corrected chi connectivity index (χ3v) is 7.97. The van der Waals surface area contributed by atoms with Gasteiger partial charge in [0.25, 0.3) is 5.91 Å². The quantitative estimate of drug-likeness (QED) is 0.434. The normalized spacial score (nSPS) is 24.1. The van der Waals surface area contributed by atoms with E-state index in [-0.39, 0.29) is 29.5 Å². The first-order chi connectivity index (χ1) is 18.5. The molecular weight excluding hydrogens is 489 g/mol. The number of carbonyl (C=O) groups is 1. The largest absolute Gasteiger partial charge is 0.480 e. The molecule has 200 valence electrons. The van der Waals surface area contributed by atoms with Crippen molar-refractivity contribution in [1.29, 1.82) is 0 Å². The van der Waals surface area contributed by atoms with E-state index < -0.39 is 0 Å². The minimum absolute atomic E-state index is 0.0173. The number of fused-ring (bicyclic) bond motifs is 5. The van der Waals surface area contributed by atoms with Crippen LogP contribution in [-0.4, -0.2) is 51.8 Å². The summed E-state index contributed by atoms with van der Waals surface area (Å²) in [6, 6.07) is 7.38. The molecule has 1 saturated carbocycles. The second-order valence-corrected chi connectivity index (χ2v) is 10.5. The number of aromatic nitrogens is 3. The summed E-state index contributed by atoms with van der Waals surface area (Å²) in [7, 11) is 0. The lowest BCUT2D eigenvalue weighted by atomic mass is 9.69. The molecule has 0 aromatic carbocycles. The molecule has 3 aromatic heterocycles. The molecule has 0 spiro atoms. The highest BCUT2D eigenvalue weighted by Crippen LogP contribution is 2.46. The molecule has 10 heteroatoms. The molecule has 7 rings (SSSR count). The van der Waals surface area contributed by atoms with Gasteiger partial charge in [-0.25, -0.2) is 14.4 Å². The molecule has 38 heavy (non-hydrogen) atoms. The van der Waals surface area contributed by atoms with Crippen LogP contribution in [0.1, 0.15) is 56.7 Å². The number of hydrogen-bond donors (Lipinski definition) is 2. The Morgan fingerprint density at radius 2 is 2.03 bits per heavy atom. The Labute approximate surface area is 220 Å². The van der Waals surface area contributed by atoms with Crippen LogP contribution in [-0.2, 0) is 22.5 Å². The van der Waals surface area contributed by atoms with Crippen LogP contribution >= 0.6 is 0 Å². The van der Waals surface area contributed by atoms with Crippen molar-refractivity contribution in [1.82, 2.24) is 20.3 Å². The number of amides is 1. The molecule has 0 radical (unpaired) electrons. The van der Waals surface area contributed by atoms with E-state index in [2.05, 4.69) is 25.6 Å². The molecule has 6 heterocycles. The number of hydrogen-bond acceptors (Lipinski definition) is 8. The summed E-state index contributed by atoms with van der Waals surface area (Å²) in [6.45, 7) is 3.79. The topological polar surface area (TPSA) is 107 Å². The van der Waals surface area contributed by atoms with Crippen molar-refractivity contribution in [2.75, 3.05) is 25.1 Å². The predicted octanol–water partition coefficient (Wildman–Crippen LogP) is 4.09. The van der Waals surface area contributed by atoms with Gasteiger partial charge in [0.05, 0.1) is 41.7 Å². The Kier molecular flexibility index (Phi) is 6.61. The lowest BCUT2D eigenvalue weighted by molar-refractivity contribution is -0.165. The predicted molar refractivity (Wildman–Crippen MR) is 139 cm³/mol. The lowest BCUT2D eigenvalue weighted by Gasteiger charge is -2.53. The lowest BCUT2D eigenvalue weighted by Crippen LogP contribution is -2.61. The maximum atomic E-state index is 14.9. The summed E-state index contributed by atoms with van der Waals surface area (Å²) in [5, 5.41) is 6.43. The van der Waals surface area contributed by atoms with E-state index in [9.17, 15) is 9.18 Å². The van der Waals surface area contributed by atoms with E-state index in [4.69, 9.17) is 14.2 Å². The third-order valence-electron chi connectivity index (χ3n) is 7.97. The van der Waals surface area contributed by atoms with Crippen molar-refractivity contribution in [3.8, 4) is 11.6 Å². The summed E-state index contributed by atoms with van der Waals surface area (Å²) in [6.07, 6.45) is 7.19. The van der Waals surface area contributed by atoms with Gasteiger partial charge in [0, 0.05) is 23.7 Å². The van der Waals surface area contributed by atoms with Crippen LogP contribution in [0.5, 0.6) is 11.6 Å². The van der Waals surface area contributed by atoms with Gasteiger partial charge in [-0.1, -0.05) is 6.92 Å². The first kappa shape index (κ1) is 24.9. The van der Waals surface area contributed by atoms with Gasteiger partial charge in [-0.15, -0.1) is 0 Å². The van der Waals surface area contributed by atoms with Crippen LogP contribution in [0.15, 0.2) is 30.5 Å². The van der Waals surface area contributed by atoms with E-state index in [0.717, 1.165) is 44.2 Å². The number of anilines is 1. The van der Waals surface area contributed by atoms with Gasteiger partial charge in [0.1, 0.15) is 5.82 Å². The van der Waals surface area contributed by atoms with Gasteiger partial charge in [-0.2, -0.15) is 0 Å². The monoisotopic (exact) mass is 521 g/mol. The Morgan fingerprint density at radius 3 is 2.82 bits per heavy atom. The van der Waals surface area contributed by atoms with Crippen LogP contribution in [0.25, 0.3) is 11.0 Å². The van der Waals surface area contributed by atoms with E-state index in [1.165, 1.54) is 6.20 Å². The SMILES string of the molecule is CCCOc1ccc2ncc(F)c(CCC34CCC(NCc5ccc6c(n5)NC(=O)CO6)(CC3)CO4)c2n1. The molecule has 2 N–H and O–H groups in total. The fourth-order valence-electron chi connectivity index (χ4n) is 5.65. The molecule has 1 amide bonds. The average molecular weight is 522 g/mol. The van der Waals surface area contributed by atoms with Gasteiger partial charge in [-0.3, -0.25) is 9.78 Å². The molecule has 4 aliphatic rings. The first-order valence-corrected chi connectivity index (χ1v) is 13.4. The van der Waals surface area contributed by atoms with Crippen molar-refractivity contribution in [2.24, 2.45) is 0 Å². The number of pyridine rings is 3. The second-order valence-electron chi connectivity index (χ2n) is 10.5. The second kappa shape index (κ2) is 10.1. The zero-order valence-electron chi connectivity index (χ0n) is 21.5. The zero-order chi connectivity index (χ0) is 26.2. The van der Waals surface area contributed by atoms with Crippen molar-refractivity contribution in [2.45, 2.75) is 69.6 Å². The van der Waals surface area contributed by atoms with Crippen molar-refractivity contribution in [3.63, 3.8) is 0 Å². The fraction of sp³-hybridized carbons (Fsp3) is 0.500. The molecule has 2 bridgehead atoms. The minimum Gasteiger partial charge on any atom is -0.480 e. The number of nitrogens with one attached hydrogen (secondary N) is 2. The number of nitrogens with zero attached hydrogens (tertiary/aromatic N) is 3. The Hall–Kier alpha value is -3.37. The van der Waals surface area contributed by atoms with Gasteiger partial charge >= 0.3 is 0 Å². The van der Waals surface area contributed by atoms with Gasteiger partial charge in [-0.05, 0) is 63.1 Å². The molecule has 0 unspecified atom stereocenters. The number of halogens is 1. The third kappa shape index (κ3) is 4.90. The van der Waals surface area contributed by atoms with E-state index >= 15 is 0 Å². The van der Waals surface area contributed by atoms with E-state index in [1.54, 1.807) is 6.07 Å². The smallest absolute Gasteiger partial charge is 0.263 e. The van der Waals surface area contributed by atoms with E-state index in [1.807, 2.05) is 25.1 Å². The summed E-state index contributed by atoms with van der Waals surface area (Å²) >= 11 is 0. The van der Waals surface area contributed by atoms with Crippen LogP contribution in [0.3, 0.4) is 0 Å². The Balaban J connectivity index is 1.09. The number of carbonyl (C=O) groups excluding carboxylic acids is 1. The van der Waals surface area contributed by atoms with Crippen molar-refractivity contribution >= 4 is 22.8 Å². The highest BCUT2D eigenvalue weighted by Gasteiger charge is 2.49. The summed E-state index contributed by atoms with van der Waals surface area (Å²) in [5.74, 6) is 1.02. The van der Waals surface area contributed by atoms with E-state index in [0.29, 0.717) is 60.2 Å². The minimum atomic E-state index is -0.337. The Bertz CT molecular complexity index is 1340. The molecule has 3 fully saturated rings. The van der Waals surface area contributed by atoms with Gasteiger partial charge in [0.15, 0.2) is 18.2 Å². The van der Waals surface area contributed by atoms with Crippen molar-refractivity contribution < 1.29 is 23.4 Å². The highest BCUT2D eigenvalue weighted by atomic mass is 19.1. The molecule has 3 aromatic rings. The summed E-state index contributed by atoms with van der Waals surface area (Å²) in [4.78, 5) is 25.0. The molecule has 1 aliphatic carbocycles. The van der Waals surface area contributed by atoms with Crippen LogP contribution in [0.4, 0.5) is 10.2 Å². The maximum Gasteiger partial charge on any atom is 0.263 e. The molecule has 2 saturated heterocycles. The fourth-order valence-corrected chi connectivity index (χ4v) is 5.65. The molecule has 3 aliphatic heterocycles. The molecular formula is C28H32FN5O4. The van der Waals surface area contributed by atoms with Gasteiger partial charge in [0.2, 0.25) is 5.88 Å². The average Bonchev–Trinajstić information content (AvgIpc) is 2.95. The summed E-state index contributed by atoms with van der Waals surface area (Å²) < 4.78 is 32.5. The molecule has 9 nitrogen and oxygen atoms in total. The zero-order valence-corrected chi connectivity index (χ0v) is 21.5. The number of aryl methyl sites for hydroxylation is 1. The number of ether oxygens (including phenoxy) is 3. The van der Waals surface area contributed by atoms with Gasteiger partial charge < -0.3 is 24.8 Å². The van der Waals surface area contributed by atoms with Crippen molar-refractivity contribution in [3.05, 3.63) is 47.5 Å². The first-order valence-electron chi connectivity index (χ1n) is 13.4. The molecule has 0 atom stereocenters. The highest BCUT2D eigenvalue weighted by molar-refractivity contribution is 5.94. The number of rotatable bonds is 9. The Morgan fingerprint density at radius 1 is 1.16 bits per heavy atom. The summed E-state index contributed by atoms with van der Waals surface area (Å²) in [5.41, 5.74) is 2.28. The van der Waals surface area contributed by atoms with Crippen LogP contribution in [0.2, 0.25) is 0 Å². The van der Waals surface area contributed by atoms with Crippen LogP contribution in [0, 0.1) is 5.82 Å². The van der Waals surface area contributed by atoms with Crippen LogP contribution < -0.4 is 20.1 Å². The maximum absolute atomic E-state index is 14.9. The standard InChI is InChI=1S/C28H32FN5O4/c1-2-13-36-24-6-4-21-25(34-24)19(20(29)15-30-21)7-8-28-11-9-27(10-12-28,17-38-28)31-14-18-3-5-22-26(32-18)33-23(35)16-37-22/h3-6,15,31H,2,7-14,16-17H2,1H3,(H,32,33,35).